The fourth-order valence-electron chi connectivity index (χ4n) is 2.50. The topological polar surface area (TPSA) is 64.3 Å². The number of aromatic nitrogens is 6. The first-order valence-electron chi connectivity index (χ1n) is 7.73. The average Bonchev–Trinajstić information content (AvgIpc) is 3.28. The van der Waals surface area contributed by atoms with Crippen molar-refractivity contribution in [3.8, 4) is 11.4 Å². The Hall–Kier alpha value is -2.23. The van der Waals surface area contributed by atoms with E-state index >= 15 is 0 Å². The first kappa shape index (κ1) is 17.2. The number of nitrogens with zero attached hydrogens (tertiary/aromatic N) is 5. The minimum absolute atomic E-state index is 0.562. The van der Waals surface area contributed by atoms with E-state index in [9.17, 15) is 0 Å². The standard InChI is InChI=1S/C17H13BrN6S2/c18-12-6-8-14(9-7-12)24-15(20-21-16(24)25)10-26-17-22-19-11-23(17)13-4-2-1-3-5-13/h1-9,11H,10H2,(H,21,25). The Kier molecular flexibility index (Phi) is 5.00. The first-order chi connectivity index (χ1) is 12.7. The van der Waals surface area contributed by atoms with Gasteiger partial charge in [0.2, 0.25) is 0 Å². The van der Waals surface area contributed by atoms with Crippen LogP contribution in [-0.2, 0) is 5.75 Å². The fourth-order valence-corrected chi connectivity index (χ4v) is 3.87. The summed E-state index contributed by atoms with van der Waals surface area (Å²) in [7, 11) is 0. The third-order valence-electron chi connectivity index (χ3n) is 3.71. The summed E-state index contributed by atoms with van der Waals surface area (Å²) in [6.07, 6.45) is 1.71. The van der Waals surface area contributed by atoms with Crippen LogP contribution in [0.15, 0.2) is 70.6 Å². The predicted molar refractivity (Wildman–Crippen MR) is 107 cm³/mol. The van der Waals surface area contributed by atoms with Gasteiger partial charge in [0.1, 0.15) is 12.2 Å². The van der Waals surface area contributed by atoms with Crippen molar-refractivity contribution in [3.63, 3.8) is 0 Å². The molecule has 0 spiro atoms. The SMILES string of the molecule is S=c1[nH]nc(CSc2nncn2-c2ccccc2)n1-c1ccc(Br)cc1. The molecule has 0 fully saturated rings. The van der Waals surface area contributed by atoms with E-state index in [1.165, 1.54) is 0 Å². The molecule has 0 atom stereocenters. The van der Waals surface area contributed by atoms with Crippen LogP contribution in [0.25, 0.3) is 11.4 Å². The average molecular weight is 445 g/mol. The van der Waals surface area contributed by atoms with Crippen molar-refractivity contribution < 1.29 is 0 Å². The lowest BCUT2D eigenvalue weighted by atomic mass is 10.3. The molecule has 0 bridgehead atoms. The number of aromatic amines is 1. The van der Waals surface area contributed by atoms with Gasteiger partial charge in [-0.15, -0.1) is 10.2 Å². The maximum atomic E-state index is 5.40. The van der Waals surface area contributed by atoms with E-state index in [0.717, 1.165) is 26.8 Å². The lowest BCUT2D eigenvalue weighted by Gasteiger charge is -2.08. The number of halogens is 1. The lowest BCUT2D eigenvalue weighted by molar-refractivity contribution is 0.877. The number of H-pyrrole nitrogens is 1. The Labute approximate surface area is 167 Å². The molecule has 26 heavy (non-hydrogen) atoms. The van der Waals surface area contributed by atoms with Crippen molar-refractivity contribution in [2.45, 2.75) is 10.9 Å². The van der Waals surface area contributed by atoms with Crippen LogP contribution in [0.1, 0.15) is 5.82 Å². The Morgan fingerprint density at radius 3 is 2.58 bits per heavy atom. The number of para-hydroxylation sites is 1. The molecular weight excluding hydrogens is 432 g/mol. The van der Waals surface area contributed by atoms with Gasteiger partial charge in [-0.05, 0) is 48.6 Å². The second-order valence-corrected chi connectivity index (χ2v) is 7.61. The van der Waals surface area contributed by atoms with Crippen LogP contribution in [0.2, 0.25) is 0 Å². The summed E-state index contributed by atoms with van der Waals surface area (Å²) in [4.78, 5) is 0. The van der Waals surface area contributed by atoms with Crippen LogP contribution in [0, 0.1) is 4.77 Å². The van der Waals surface area contributed by atoms with Gasteiger partial charge in [0.05, 0.1) is 5.75 Å². The molecule has 0 saturated carbocycles. The molecule has 9 heteroatoms. The highest BCUT2D eigenvalue weighted by Crippen LogP contribution is 2.24. The minimum atomic E-state index is 0.562. The largest absolute Gasteiger partial charge is 0.277 e. The molecule has 130 valence electrons. The van der Waals surface area contributed by atoms with E-state index in [4.69, 9.17) is 12.2 Å². The van der Waals surface area contributed by atoms with Crippen molar-refractivity contribution in [1.82, 2.24) is 29.5 Å². The summed E-state index contributed by atoms with van der Waals surface area (Å²) >= 11 is 10.4. The highest BCUT2D eigenvalue weighted by molar-refractivity contribution is 9.10. The van der Waals surface area contributed by atoms with E-state index in [-0.39, 0.29) is 0 Å². The molecule has 0 aliphatic heterocycles. The monoisotopic (exact) mass is 444 g/mol. The van der Waals surface area contributed by atoms with Gasteiger partial charge in [0.15, 0.2) is 9.93 Å². The maximum absolute atomic E-state index is 5.40. The molecule has 4 aromatic rings. The quantitative estimate of drug-likeness (QED) is 0.360. The number of thioether (sulfide) groups is 1. The van der Waals surface area contributed by atoms with Gasteiger partial charge in [-0.25, -0.2) is 0 Å². The Balaban J connectivity index is 1.60. The number of hydrogen-bond donors (Lipinski definition) is 1. The summed E-state index contributed by atoms with van der Waals surface area (Å²) in [5.41, 5.74) is 1.99. The number of benzene rings is 2. The number of rotatable bonds is 5. The Morgan fingerprint density at radius 2 is 1.81 bits per heavy atom. The molecule has 0 saturated heterocycles. The summed E-state index contributed by atoms with van der Waals surface area (Å²) < 4.78 is 5.46. The Morgan fingerprint density at radius 1 is 1.04 bits per heavy atom. The molecule has 0 amide bonds. The highest BCUT2D eigenvalue weighted by atomic mass is 79.9. The predicted octanol–water partition coefficient (Wildman–Crippen LogP) is 4.57. The van der Waals surface area contributed by atoms with Crippen molar-refractivity contribution >= 4 is 39.9 Å². The number of hydrogen-bond acceptors (Lipinski definition) is 5. The third-order valence-corrected chi connectivity index (χ3v) is 5.45. The van der Waals surface area contributed by atoms with Crippen LogP contribution in [-0.4, -0.2) is 29.5 Å². The molecule has 0 radical (unpaired) electrons. The smallest absolute Gasteiger partial charge is 0.199 e. The lowest BCUT2D eigenvalue weighted by Crippen LogP contribution is -2.01. The van der Waals surface area contributed by atoms with Gasteiger partial charge in [-0.2, -0.15) is 5.10 Å². The molecule has 0 aliphatic carbocycles. The van der Waals surface area contributed by atoms with Gasteiger partial charge in [0.25, 0.3) is 0 Å². The van der Waals surface area contributed by atoms with Crippen molar-refractivity contribution in [1.29, 1.82) is 0 Å². The van der Waals surface area contributed by atoms with Gasteiger partial charge >= 0.3 is 0 Å². The summed E-state index contributed by atoms with van der Waals surface area (Å²) in [5, 5.41) is 16.3. The molecule has 2 heterocycles. The van der Waals surface area contributed by atoms with E-state index in [2.05, 4.69) is 36.3 Å². The molecule has 1 N–H and O–H groups in total. The molecule has 4 rings (SSSR count). The van der Waals surface area contributed by atoms with Crippen molar-refractivity contribution in [2.75, 3.05) is 0 Å². The van der Waals surface area contributed by atoms with E-state index in [1.807, 2.05) is 63.7 Å². The molecule has 2 aromatic carbocycles. The zero-order valence-electron chi connectivity index (χ0n) is 13.4. The van der Waals surface area contributed by atoms with E-state index in [0.29, 0.717) is 10.5 Å². The van der Waals surface area contributed by atoms with E-state index < -0.39 is 0 Å². The molecule has 6 nitrogen and oxygen atoms in total. The summed E-state index contributed by atoms with van der Waals surface area (Å²) in [5.74, 6) is 1.43. The van der Waals surface area contributed by atoms with Crippen LogP contribution in [0.4, 0.5) is 0 Å². The maximum Gasteiger partial charge on any atom is 0.199 e. The van der Waals surface area contributed by atoms with Crippen LogP contribution in [0.3, 0.4) is 0 Å². The van der Waals surface area contributed by atoms with Gasteiger partial charge in [0, 0.05) is 15.8 Å². The summed E-state index contributed by atoms with van der Waals surface area (Å²) in [6, 6.07) is 17.9. The minimum Gasteiger partial charge on any atom is -0.277 e. The number of nitrogens with one attached hydrogen (secondary N) is 1. The Bertz CT molecular complexity index is 1070. The normalized spacial score (nSPS) is 11.0. The molecular formula is C17H13BrN6S2. The van der Waals surface area contributed by atoms with Crippen molar-refractivity contribution in [3.05, 3.63) is 76.0 Å². The van der Waals surface area contributed by atoms with Crippen LogP contribution >= 0.6 is 39.9 Å². The van der Waals surface area contributed by atoms with Gasteiger partial charge < -0.3 is 0 Å². The zero-order chi connectivity index (χ0) is 17.9. The van der Waals surface area contributed by atoms with Crippen LogP contribution < -0.4 is 0 Å². The molecule has 0 aliphatic rings. The van der Waals surface area contributed by atoms with Gasteiger partial charge in [-0.3, -0.25) is 14.2 Å². The second kappa shape index (κ2) is 7.56. The zero-order valence-corrected chi connectivity index (χ0v) is 16.6. The van der Waals surface area contributed by atoms with Gasteiger partial charge in [-0.1, -0.05) is 45.9 Å². The van der Waals surface area contributed by atoms with Crippen LogP contribution in [0.5, 0.6) is 0 Å². The molecule has 0 unspecified atom stereocenters. The first-order valence-corrected chi connectivity index (χ1v) is 9.91. The third kappa shape index (κ3) is 3.50. The fraction of sp³-hybridized carbons (Fsp3) is 0.0588. The van der Waals surface area contributed by atoms with Crippen molar-refractivity contribution in [2.24, 2.45) is 0 Å². The van der Waals surface area contributed by atoms with E-state index in [1.54, 1.807) is 18.1 Å². The second-order valence-electron chi connectivity index (χ2n) is 5.36. The molecule has 2 aromatic heterocycles. The summed E-state index contributed by atoms with van der Waals surface area (Å²) in [6.45, 7) is 0. The highest BCUT2D eigenvalue weighted by Gasteiger charge is 2.12.